The van der Waals surface area contributed by atoms with E-state index in [1.807, 2.05) is 0 Å². The molecule has 0 heterocycles. The van der Waals surface area contributed by atoms with Gasteiger partial charge >= 0.3 is 0 Å². The monoisotopic (exact) mass is 608 g/mol. The topological polar surface area (TPSA) is 155 Å². The van der Waals surface area contributed by atoms with Gasteiger partial charge in [-0.05, 0) is 62.9 Å². The highest BCUT2D eigenvalue weighted by atomic mass is 19.2. The molecule has 2 aromatic carbocycles. The predicted molar refractivity (Wildman–Crippen MR) is 135 cm³/mol. The number of benzene rings is 2. The summed E-state index contributed by atoms with van der Waals surface area (Å²) in [6, 6.07) is 1.06. The van der Waals surface area contributed by atoms with Gasteiger partial charge in [-0.3, -0.25) is 28.9 Å². The molecular formula is C29H25F5N2O7. The van der Waals surface area contributed by atoms with Crippen LogP contribution in [-0.2, 0) is 38.4 Å². The minimum Gasteiger partial charge on any atom is -0.507 e. The molecule has 0 bridgehead atoms. The first-order valence-corrected chi connectivity index (χ1v) is 13.2. The molecule has 2 fully saturated rings. The Labute approximate surface area is 240 Å². The summed E-state index contributed by atoms with van der Waals surface area (Å²) in [6.07, 6.45) is -1.36. The Kier molecular flexibility index (Phi) is 7.29. The van der Waals surface area contributed by atoms with Crippen LogP contribution in [0.15, 0.2) is 12.1 Å². The average molecular weight is 609 g/mol. The molecule has 9 nitrogen and oxygen atoms in total. The van der Waals surface area contributed by atoms with Crippen LogP contribution in [0, 0.1) is 52.8 Å². The molecule has 2 saturated carbocycles. The third-order valence-electron chi connectivity index (χ3n) is 8.99. The van der Waals surface area contributed by atoms with Gasteiger partial charge in [-0.2, -0.15) is 0 Å². The molecule has 0 saturated heterocycles. The van der Waals surface area contributed by atoms with Crippen LogP contribution in [0.3, 0.4) is 0 Å². The number of hydrogen-bond donors (Lipinski definition) is 3. The van der Waals surface area contributed by atoms with E-state index in [1.54, 1.807) is 0 Å². The molecule has 2 aromatic rings. The molecule has 3 aliphatic carbocycles. The third-order valence-corrected chi connectivity index (χ3v) is 8.99. The highest BCUT2D eigenvalue weighted by Crippen LogP contribution is 2.51. The molecule has 0 aromatic heterocycles. The maximum absolute atomic E-state index is 14.3. The summed E-state index contributed by atoms with van der Waals surface area (Å²) < 4.78 is 69.6. The number of nitrogens with two attached hydrogens (primary N) is 1. The number of amides is 1. The normalized spacial score (nSPS) is 28.5. The molecule has 6 unspecified atom stereocenters. The molecule has 6 atom stereocenters. The van der Waals surface area contributed by atoms with Crippen LogP contribution in [0.5, 0.6) is 5.75 Å². The lowest BCUT2D eigenvalue weighted by Crippen LogP contribution is -2.74. The van der Waals surface area contributed by atoms with Gasteiger partial charge in [0.2, 0.25) is 11.7 Å². The number of fused-ring (bicyclic) bond motifs is 3. The zero-order chi connectivity index (χ0) is 31.9. The SMILES string of the molecule is CN(C)C1C(=O)C(C(N)=O)C(=O)C2(O)C(=O)C3C(=O)c4c(O)ccc(CCc5c(F)c(F)c(F)c(F)c5F)c4CC3CC12. The number of phenols is 1. The van der Waals surface area contributed by atoms with E-state index < -0.39 is 111 Å². The Morgan fingerprint density at radius 3 is 2.09 bits per heavy atom. The Bertz CT molecular complexity index is 1610. The minimum absolute atomic E-state index is 0.132. The fraction of sp³-hybridized carbons (Fsp3) is 0.414. The quantitative estimate of drug-likeness (QED) is 0.199. The number of rotatable bonds is 5. The van der Waals surface area contributed by atoms with Gasteiger partial charge in [-0.1, -0.05) is 6.07 Å². The maximum atomic E-state index is 14.3. The van der Waals surface area contributed by atoms with Crippen molar-refractivity contribution in [2.45, 2.75) is 37.3 Å². The summed E-state index contributed by atoms with van der Waals surface area (Å²) in [6.45, 7) is 0. The highest BCUT2D eigenvalue weighted by molar-refractivity contribution is 6.32. The number of phenolic OH excluding ortho intramolecular Hbond substituents is 1. The zero-order valence-corrected chi connectivity index (χ0v) is 22.7. The number of aryl methyl sites for hydroxylation is 1. The molecule has 0 aliphatic heterocycles. The number of aliphatic hydroxyl groups is 1. The summed E-state index contributed by atoms with van der Waals surface area (Å²) in [7, 11) is 2.87. The van der Waals surface area contributed by atoms with Gasteiger partial charge in [0, 0.05) is 11.5 Å². The average Bonchev–Trinajstić information content (AvgIpc) is 2.93. The van der Waals surface area contributed by atoms with Gasteiger partial charge < -0.3 is 15.9 Å². The van der Waals surface area contributed by atoms with Crippen LogP contribution in [-0.4, -0.2) is 69.9 Å². The van der Waals surface area contributed by atoms with Gasteiger partial charge in [0.15, 0.2) is 57.9 Å². The fourth-order valence-electron chi connectivity index (χ4n) is 7.03. The van der Waals surface area contributed by atoms with Gasteiger partial charge in [0.1, 0.15) is 5.75 Å². The van der Waals surface area contributed by atoms with E-state index >= 15 is 0 Å². The van der Waals surface area contributed by atoms with E-state index in [0.717, 1.165) is 6.07 Å². The van der Waals surface area contributed by atoms with Crippen LogP contribution in [0.4, 0.5) is 22.0 Å². The third kappa shape index (κ3) is 4.21. The van der Waals surface area contributed by atoms with E-state index in [2.05, 4.69) is 0 Å². The summed E-state index contributed by atoms with van der Waals surface area (Å²) in [5.74, 6) is -23.1. The van der Waals surface area contributed by atoms with Crippen molar-refractivity contribution < 1.29 is 56.1 Å². The Morgan fingerprint density at radius 2 is 1.53 bits per heavy atom. The molecule has 4 N–H and O–H groups in total. The van der Waals surface area contributed by atoms with E-state index in [-0.39, 0.29) is 36.0 Å². The van der Waals surface area contributed by atoms with Gasteiger partial charge in [0.05, 0.1) is 17.5 Å². The molecule has 43 heavy (non-hydrogen) atoms. The number of Topliss-reactive ketones (excluding diaryl/α,β-unsaturated/α-hetero) is 4. The van der Waals surface area contributed by atoms with Crippen LogP contribution in [0.1, 0.15) is 33.5 Å². The number of carbonyl (C=O) groups excluding carboxylic acids is 5. The van der Waals surface area contributed by atoms with E-state index in [0.29, 0.717) is 0 Å². The molecular weight excluding hydrogens is 583 g/mol. The maximum Gasteiger partial charge on any atom is 0.235 e. The van der Waals surface area contributed by atoms with Crippen molar-refractivity contribution in [2.75, 3.05) is 14.1 Å². The Morgan fingerprint density at radius 1 is 0.953 bits per heavy atom. The first-order valence-electron chi connectivity index (χ1n) is 13.2. The second-order valence-corrected chi connectivity index (χ2v) is 11.4. The van der Waals surface area contributed by atoms with Crippen molar-refractivity contribution in [1.82, 2.24) is 4.90 Å². The van der Waals surface area contributed by atoms with Gasteiger partial charge in [-0.15, -0.1) is 0 Å². The van der Waals surface area contributed by atoms with Crippen molar-refractivity contribution >= 4 is 29.0 Å². The van der Waals surface area contributed by atoms with Gasteiger partial charge in [0.25, 0.3) is 0 Å². The molecule has 0 spiro atoms. The molecule has 5 rings (SSSR count). The first-order chi connectivity index (χ1) is 20.0. The van der Waals surface area contributed by atoms with Crippen molar-refractivity contribution in [2.24, 2.45) is 29.4 Å². The van der Waals surface area contributed by atoms with Crippen LogP contribution in [0.25, 0.3) is 0 Å². The first kappa shape index (κ1) is 30.4. The van der Waals surface area contributed by atoms with Crippen molar-refractivity contribution in [3.8, 4) is 5.75 Å². The van der Waals surface area contributed by atoms with E-state index in [9.17, 15) is 56.1 Å². The highest BCUT2D eigenvalue weighted by Gasteiger charge is 2.69. The summed E-state index contributed by atoms with van der Waals surface area (Å²) >= 11 is 0. The van der Waals surface area contributed by atoms with Crippen molar-refractivity contribution in [3.05, 3.63) is 63.5 Å². The number of aromatic hydroxyl groups is 1. The Balaban J connectivity index is 1.56. The number of nitrogens with zero attached hydrogens (tertiary/aromatic N) is 1. The van der Waals surface area contributed by atoms with Crippen molar-refractivity contribution in [3.63, 3.8) is 0 Å². The predicted octanol–water partition coefficient (Wildman–Crippen LogP) is 1.35. The second kappa shape index (κ2) is 10.3. The number of ketones is 4. The number of halogens is 5. The van der Waals surface area contributed by atoms with Crippen LogP contribution in [0.2, 0.25) is 0 Å². The van der Waals surface area contributed by atoms with Crippen molar-refractivity contribution in [1.29, 1.82) is 0 Å². The summed E-state index contributed by atoms with van der Waals surface area (Å²) in [5.41, 5.74) is 1.30. The molecule has 14 heteroatoms. The number of primary amides is 1. The second-order valence-electron chi connectivity index (χ2n) is 11.4. The fourth-order valence-corrected chi connectivity index (χ4v) is 7.03. The molecule has 228 valence electrons. The largest absolute Gasteiger partial charge is 0.507 e. The zero-order valence-electron chi connectivity index (χ0n) is 22.7. The van der Waals surface area contributed by atoms with E-state index in [4.69, 9.17) is 5.73 Å². The lowest BCUT2D eigenvalue weighted by molar-refractivity contribution is -0.181. The molecule has 3 aliphatic rings. The lowest BCUT2D eigenvalue weighted by atomic mass is 9.52. The Hall–Kier alpha value is -4.04. The summed E-state index contributed by atoms with van der Waals surface area (Å²) in [4.78, 5) is 67.4. The number of carbonyl (C=O) groups is 5. The standard InChI is InChI=1S/C29H25F5N2O7/c1-36(2)23-13-8-10-7-12-9(3-5-11-18(30)20(32)22(34)21(33)19(11)31)4-6-14(37)16(12)24(38)15(10)26(40)29(13,43)27(41)17(25(23)39)28(35)42/h4,6,10,13,15,17,23,37,43H,3,5,7-8H2,1-2H3,(H2,35,42). The lowest BCUT2D eigenvalue weighted by Gasteiger charge is -2.52. The van der Waals surface area contributed by atoms with E-state index in [1.165, 1.54) is 25.1 Å². The van der Waals surface area contributed by atoms with Crippen LogP contribution < -0.4 is 5.73 Å². The minimum atomic E-state index is -2.91. The number of likely N-dealkylation sites (N-methyl/N-ethyl adjacent to an activating group) is 1. The van der Waals surface area contributed by atoms with Crippen LogP contribution >= 0.6 is 0 Å². The molecule has 0 radical (unpaired) electrons. The smallest absolute Gasteiger partial charge is 0.235 e. The molecule has 1 amide bonds. The summed E-state index contributed by atoms with van der Waals surface area (Å²) in [5, 5.41) is 22.2. The number of hydrogen-bond acceptors (Lipinski definition) is 8. The van der Waals surface area contributed by atoms with Gasteiger partial charge in [-0.25, -0.2) is 22.0 Å².